The van der Waals surface area contributed by atoms with Gasteiger partial charge in [0.15, 0.2) is 0 Å². The molecule has 0 unspecified atom stereocenters. The Morgan fingerprint density at radius 3 is 2.68 bits per heavy atom. The number of benzene rings is 3. The van der Waals surface area contributed by atoms with Gasteiger partial charge in [0.25, 0.3) is 5.56 Å². The Morgan fingerprint density at radius 2 is 1.84 bits per heavy atom. The van der Waals surface area contributed by atoms with Crippen molar-refractivity contribution in [2.24, 2.45) is 0 Å². The van der Waals surface area contributed by atoms with E-state index >= 15 is 0 Å². The summed E-state index contributed by atoms with van der Waals surface area (Å²) in [5.74, 6) is -0.0166. The molecule has 0 saturated heterocycles. The summed E-state index contributed by atoms with van der Waals surface area (Å²) in [6.45, 7) is 0. The fourth-order valence-corrected chi connectivity index (χ4v) is 2.90. The van der Waals surface area contributed by atoms with E-state index in [1.165, 1.54) is 6.08 Å². The molecule has 0 saturated carbocycles. The van der Waals surface area contributed by atoms with Crippen molar-refractivity contribution < 1.29 is 5.11 Å². The van der Waals surface area contributed by atoms with Crippen LogP contribution in [0.5, 0.6) is 0 Å². The molecule has 1 heterocycles. The van der Waals surface area contributed by atoms with Gasteiger partial charge in [-0.05, 0) is 35.0 Å². The van der Waals surface area contributed by atoms with Crippen molar-refractivity contribution in [2.45, 2.75) is 0 Å². The molecule has 4 aromatic rings. The molecule has 4 rings (SSSR count). The Kier molecular flexibility index (Phi) is 3.75. The van der Waals surface area contributed by atoms with Gasteiger partial charge in [0.05, 0.1) is 11.0 Å². The van der Waals surface area contributed by atoms with E-state index in [0.29, 0.717) is 21.6 Å². The molecule has 122 valence electrons. The minimum absolute atomic E-state index is 0.0166. The number of nitrogens with one attached hydrogen (secondary N) is 1. The molecule has 0 radical (unpaired) electrons. The quantitative estimate of drug-likeness (QED) is 0.512. The molecule has 0 bridgehead atoms. The van der Waals surface area contributed by atoms with Crippen molar-refractivity contribution in [3.8, 4) is 0 Å². The van der Waals surface area contributed by atoms with Crippen LogP contribution >= 0.6 is 11.6 Å². The highest BCUT2D eigenvalue weighted by atomic mass is 35.5. The number of aromatic amines is 1. The van der Waals surface area contributed by atoms with Crippen LogP contribution in [0.2, 0.25) is 5.02 Å². The Hall–Kier alpha value is -3.11. The average molecular weight is 349 g/mol. The largest absolute Gasteiger partial charge is 0.507 e. The van der Waals surface area contributed by atoms with Crippen LogP contribution in [-0.2, 0) is 0 Å². The normalized spacial score (nSPS) is 12.0. The van der Waals surface area contributed by atoms with Crippen molar-refractivity contribution in [1.29, 1.82) is 0 Å². The maximum absolute atomic E-state index is 12.2. The summed E-state index contributed by atoms with van der Waals surface area (Å²) in [5, 5.41) is 13.0. The van der Waals surface area contributed by atoms with Gasteiger partial charge < -0.3 is 10.1 Å². The molecule has 0 aliphatic heterocycles. The second-order valence-electron chi connectivity index (χ2n) is 5.70. The third-order valence-corrected chi connectivity index (χ3v) is 4.23. The van der Waals surface area contributed by atoms with Gasteiger partial charge in [0, 0.05) is 16.7 Å². The van der Waals surface area contributed by atoms with Crippen LogP contribution in [-0.4, -0.2) is 15.1 Å². The number of aliphatic hydroxyl groups excluding tert-OH is 1. The van der Waals surface area contributed by atoms with Crippen molar-refractivity contribution in [1.82, 2.24) is 9.97 Å². The summed E-state index contributed by atoms with van der Waals surface area (Å²) in [6.07, 6.45) is 1.37. The number of aliphatic hydroxyl groups is 1. The van der Waals surface area contributed by atoms with E-state index in [1.54, 1.807) is 18.2 Å². The Morgan fingerprint density at radius 1 is 1.04 bits per heavy atom. The number of hydrogen-bond acceptors (Lipinski definition) is 3. The number of halogens is 1. The summed E-state index contributed by atoms with van der Waals surface area (Å²) in [6, 6.07) is 18.5. The molecule has 0 amide bonds. The van der Waals surface area contributed by atoms with Crippen molar-refractivity contribution in [3.63, 3.8) is 0 Å². The van der Waals surface area contributed by atoms with Crippen LogP contribution in [0.15, 0.2) is 65.5 Å². The second-order valence-corrected chi connectivity index (χ2v) is 6.14. The average Bonchev–Trinajstić information content (AvgIpc) is 2.62. The van der Waals surface area contributed by atoms with Crippen molar-refractivity contribution in [2.75, 3.05) is 0 Å². The molecule has 1 aromatic heterocycles. The maximum atomic E-state index is 12.2. The topological polar surface area (TPSA) is 66.0 Å². The van der Waals surface area contributed by atoms with Gasteiger partial charge >= 0.3 is 0 Å². The van der Waals surface area contributed by atoms with Gasteiger partial charge in [-0.1, -0.05) is 48.0 Å². The lowest BCUT2D eigenvalue weighted by Crippen LogP contribution is -2.12. The van der Waals surface area contributed by atoms with Crippen LogP contribution in [0.4, 0.5) is 0 Å². The fraction of sp³-hybridized carbons (Fsp3) is 0. The number of fused-ring (bicyclic) bond motifs is 2. The molecule has 5 heteroatoms. The summed E-state index contributed by atoms with van der Waals surface area (Å²) < 4.78 is 0. The van der Waals surface area contributed by atoms with Gasteiger partial charge in [-0.2, -0.15) is 0 Å². The maximum Gasteiger partial charge on any atom is 0.274 e. The molecule has 25 heavy (non-hydrogen) atoms. The first-order chi connectivity index (χ1) is 12.1. The van der Waals surface area contributed by atoms with Gasteiger partial charge in [-0.3, -0.25) is 4.79 Å². The second kappa shape index (κ2) is 6.07. The van der Waals surface area contributed by atoms with E-state index in [4.69, 9.17) is 11.6 Å². The number of rotatable bonds is 2. The molecule has 2 N–H and O–H groups in total. The summed E-state index contributed by atoms with van der Waals surface area (Å²) >= 11 is 5.92. The first-order valence-electron chi connectivity index (χ1n) is 7.69. The van der Waals surface area contributed by atoms with Crippen LogP contribution in [0.25, 0.3) is 33.6 Å². The third kappa shape index (κ3) is 2.99. The monoisotopic (exact) mass is 348 g/mol. The number of hydrogen-bond donors (Lipinski definition) is 2. The number of aromatic nitrogens is 2. The Bertz CT molecular complexity index is 1200. The lowest BCUT2D eigenvalue weighted by Gasteiger charge is -2.04. The molecule has 0 aliphatic rings. The first kappa shape index (κ1) is 15.4. The van der Waals surface area contributed by atoms with Gasteiger partial charge in [-0.15, -0.1) is 0 Å². The van der Waals surface area contributed by atoms with Crippen LogP contribution in [0.1, 0.15) is 11.3 Å². The smallest absolute Gasteiger partial charge is 0.274 e. The molecule has 0 spiro atoms. The highest BCUT2D eigenvalue weighted by Gasteiger charge is 2.07. The van der Waals surface area contributed by atoms with Crippen LogP contribution in [0.3, 0.4) is 0 Å². The van der Waals surface area contributed by atoms with Crippen molar-refractivity contribution >= 4 is 45.2 Å². The molecule has 0 aliphatic carbocycles. The standard InChI is InChI=1S/C20H13ClN2O2/c21-15-7-8-16-17(10-15)23-20(25)18(22-16)11-19(24)14-6-5-12-3-1-2-4-13(12)9-14/h1-11,24H,(H,23,25)/b19-11-. The van der Waals surface area contributed by atoms with E-state index in [1.807, 2.05) is 42.5 Å². The zero-order valence-electron chi connectivity index (χ0n) is 13.0. The lowest BCUT2D eigenvalue weighted by molar-refractivity contribution is 0.515. The highest BCUT2D eigenvalue weighted by Crippen LogP contribution is 2.21. The summed E-state index contributed by atoms with van der Waals surface area (Å²) in [7, 11) is 0. The summed E-state index contributed by atoms with van der Waals surface area (Å²) in [4.78, 5) is 19.2. The molecule has 4 nitrogen and oxygen atoms in total. The van der Waals surface area contributed by atoms with E-state index < -0.39 is 0 Å². The van der Waals surface area contributed by atoms with E-state index in [-0.39, 0.29) is 17.0 Å². The third-order valence-electron chi connectivity index (χ3n) is 4.00. The molecular weight excluding hydrogens is 336 g/mol. The number of H-pyrrole nitrogens is 1. The van der Waals surface area contributed by atoms with E-state index in [2.05, 4.69) is 9.97 Å². The van der Waals surface area contributed by atoms with Crippen LogP contribution < -0.4 is 5.56 Å². The van der Waals surface area contributed by atoms with E-state index in [0.717, 1.165) is 10.8 Å². The zero-order valence-corrected chi connectivity index (χ0v) is 13.8. The molecule has 0 fully saturated rings. The predicted molar refractivity (Wildman–Crippen MR) is 102 cm³/mol. The predicted octanol–water partition coefficient (Wildman–Crippen LogP) is 4.79. The zero-order chi connectivity index (χ0) is 17.4. The minimum atomic E-state index is -0.387. The van der Waals surface area contributed by atoms with Gasteiger partial charge in [-0.25, -0.2) is 4.98 Å². The van der Waals surface area contributed by atoms with Gasteiger partial charge in [0.1, 0.15) is 11.5 Å². The van der Waals surface area contributed by atoms with Crippen LogP contribution in [0, 0.1) is 0 Å². The van der Waals surface area contributed by atoms with E-state index in [9.17, 15) is 9.90 Å². The Labute approximate surface area is 148 Å². The lowest BCUT2D eigenvalue weighted by atomic mass is 10.1. The van der Waals surface area contributed by atoms with Gasteiger partial charge in [0.2, 0.25) is 0 Å². The fourth-order valence-electron chi connectivity index (χ4n) is 2.73. The first-order valence-corrected chi connectivity index (χ1v) is 8.07. The highest BCUT2D eigenvalue weighted by molar-refractivity contribution is 6.31. The SMILES string of the molecule is O=c1[nH]c2cc(Cl)ccc2nc1/C=C(\O)c1ccc2ccccc2c1. The van der Waals surface area contributed by atoms with Crippen molar-refractivity contribution in [3.05, 3.63) is 87.3 Å². The summed E-state index contributed by atoms with van der Waals surface area (Å²) in [5.41, 5.74) is 1.53. The molecule has 3 aromatic carbocycles. The minimum Gasteiger partial charge on any atom is -0.507 e. The Balaban J connectivity index is 1.80. The molecular formula is C20H13ClN2O2. The molecule has 0 atom stereocenters. The number of nitrogens with zero attached hydrogens (tertiary/aromatic N) is 1.